The third kappa shape index (κ3) is 4.32. The molecule has 0 fully saturated rings. The zero-order valence-corrected chi connectivity index (χ0v) is 14.5. The van der Waals surface area contributed by atoms with Crippen molar-refractivity contribution in [2.75, 3.05) is 25.5 Å². The molecule has 0 aliphatic rings. The van der Waals surface area contributed by atoms with E-state index in [1.165, 1.54) is 21.3 Å². The van der Waals surface area contributed by atoms with Crippen LogP contribution in [0.15, 0.2) is 53.0 Å². The van der Waals surface area contributed by atoms with Crippen molar-refractivity contribution in [2.24, 2.45) is 0 Å². The van der Waals surface area contributed by atoms with Crippen molar-refractivity contribution in [3.63, 3.8) is 0 Å². The number of anilines is 1. The summed E-state index contributed by atoms with van der Waals surface area (Å²) in [6, 6.07) is 17.6. The first kappa shape index (κ1) is 16.1. The Labute approximate surface area is 136 Å². The molecule has 0 heterocycles. The van der Waals surface area contributed by atoms with Crippen molar-refractivity contribution in [3.05, 3.63) is 64.1 Å². The van der Waals surface area contributed by atoms with Crippen LogP contribution in [0.5, 0.6) is 0 Å². The smallest absolute Gasteiger partial charge is 0.0361 e. The molecule has 0 amide bonds. The number of hydrogen-bond acceptors (Lipinski definition) is 2. The molecule has 0 saturated carbocycles. The number of hydrogen-bond donors (Lipinski definition) is 1. The molecule has 0 saturated heterocycles. The molecule has 1 atom stereocenters. The monoisotopic (exact) mass is 346 g/mol. The van der Waals surface area contributed by atoms with Crippen molar-refractivity contribution in [1.82, 2.24) is 5.32 Å². The topological polar surface area (TPSA) is 15.3 Å². The molecule has 3 heteroatoms. The van der Waals surface area contributed by atoms with Gasteiger partial charge in [-0.05, 0) is 42.3 Å². The van der Waals surface area contributed by atoms with Crippen LogP contribution < -0.4 is 10.2 Å². The van der Waals surface area contributed by atoms with Crippen LogP contribution in [0.2, 0.25) is 0 Å². The van der Waals surface area contributed by atoms with Gasteiger partial charge in [0.15, 0.2) is 0 Å². The molecule has 112 valence electrons. The van der Waals surface area contributed by atoms with Crippen LogP contribution in [-0.4, -0.2) is 20.6 Å². The minimum atomic E-state index is 0.338. The Hall–Kier alpha value is -1.32. The molecular weight excluding hydrogens is 324 g/mol. The van der Waals surface area contributed by atoms with Gasteiger partial charge >= 0.3 is 0 Å². The number of likely N-dealkylation sites (N-methyl/N-ethyl adjacent to an activating group) is 1. The lowest BCUT2D eigenvalue weighted by molar-refractivity contribution is 0.549. The van der Waals surface area contributed by atoms with Crippen LogP contribution in [0.1, 0.15) is 24.1 Å². The van der Waals surface area contributed by atoms with Gasteiger partial charge in [-0.1, -0.05) is 53.2 Å². The molecule has 2 nitrogen and oxygen atoms in total. The average Bonchev–Trinajstić information content (AvgIpc) is 2.49. The Morgan fingerprint density at radius 3 is 2.29 bits per heavy atom. The zero-order chi connectivity index (χ0) is 15.2. The van der Waals surface area contributed by atoms with E-state index in [-0.39, 0.29) is 0 Å². The Balaban J connectivity index is 2.20. The largest absolute Gasteiger partial charge is 0.378 e. The van der Waals surface area contributed by atoms with Gasteiger partial charge in [0.25, 0.3) is 0 Å². The molecule has 0 aromatic heterocycles. The highest BCUT2D eigenvalue weighted by Gasteiger charge is 2.13. The van der Waals surface area contributed by atoms with Crippen LogP contribution in [0, 0.1) is 0 Å². The van der Waals surface area contributed by atoms with E-state index < -0.39 is 0 Å². The van der Waals surface area contributed by atoms with E-state index in [1.807, 2.05) is 0 Å². The van der Waals surface area contributed by atoms with E-state index in [9.17, 15) is 0 Å². The second-order valence-corrected chi connectivity index (χ2v) is 6.25. The molecular formula is C18H23BrN2. The lowest BCUT2D eigenvalue weighted by Crippen LogP contribution is -2.23. The summed E-state index contributed by atoms with van der Waals surface area (Å²) in [5.74, 6) is 0. The highest BCUT2D eigenvalue weighted by atomic mass is 79.9. The molecule has 0 aliphatic carbocycles. The standard InChI is InChI=1S/C18H23BrN2/c1-4-20-18(13-15-7-5-6-8-17(15)19)14-9-11-16(12-10-14)21(2)3/h5-12,18,20H,4,13H2,1-3H3. The van der Waals surface area contributed by atoms with Crippen molar-refractivity contribution in [2.45, 2.75) is 19.4 Å². The minimum absolute atomic E-state index is 0.338. The molecule has 2 aromatic rings. The average molecular weight is 347 g/mol. The number of nitrogens with zero attached hydrogens (tertiary/aromatic N) is 1. The Morgan fingerprint density at radius 2 is 1.71 bits per heavy atom. The predicted octanol–water partition coefficient (Wildman–Crippen LogP) is 4.41. The van der Waals surface area contributed by atoms with E-state index in [4.69, 9.17) is 0 Å². The minimum Gasteiger partial charge on any atom is -0.378 e. The summed E-state index contributed by atoms with van der Waals surface area (Å²) in [6.45, 7) is 3.12. The van der Waals surface area contributed by atoms with E-state index in [2.05, 4.69) is 95.7 Å². The fourth-order valence-electron chi connectivity index (χ4n) is 2.44. The first-order chi connectivity index (χ1) is 10.1. The van der Waals surface area contributed by atoms with E-state index in [0.717, 1.165) is 13.0 Å². The van der Waals surface area contributed by atoms with Gasteiger partial charge in [0.1, 0.15) is 0 Å². The summed E-state index contributed by atoms with van der Waals surface area (Å²) in [5, 5.41) is 3.59. The number of rotatable bonds is 6. The Kier molecular flexibility index (Phi) is 5.83. The van der Waals surface area contributed by atoms with Gasteiger partial charge in [0.05, 0.1) is 0 Å². The summed E-state index contributed by atoms with van der Waals surface area (Å²) < 4.78 is 1.18. The highest BCUT2D eigenvalue weighted by molar-refractivity contribution is 9.10. The van der Waals surface area contributed by atoms with E-state index in [0.29, 0.717) is 6.04 Å². The van der Waals surface area contributed by atoms with Crippen molar-refractivity contribution in [3.8, 4) is 0 Å². The third-order valence-electron chi connectivity index (χ3n) is 3.64. The molecule has 0 bridgehead atoms. The van der Waals surface area contributed by atoms with Gasteiger partial charge in [-0.3, -0.25) is 0 Å². The van der Waals surface area contributed by atoms with Gasteiger partial charge in [0.2, 0.25) is 0 Å². The first-order valence-electron chi connectivity index (χ1n) is 7.36. The quantitative estimate of drug-likeness (QED) is 0.833. The number of nitrogens with one attached hydrogen (secondary N) is 1. The molecule has 0 spiro atoms. The number of benzene rings is 2. The summed E-state index contributed by atoms with van der Waals surface area (Å²) in [6.07, 6.45) is 0.983. The zero-order valence-electron chi connectivity index (χ0n) is 12.9. The van der Waals surface area contributed by atoms with Gasteiger partial charge in [-0.25, -0.2) is 0 Å². The van der Waals surface area contributed by atoms with Crippen LogP contribution >= 0.6 is 15.9 Å². The second kappa shape index (κ2) is 7.62. The summed E-state index contributed by atoms with van der Waals surface area (Å²) in [5.41, 5.74) is 3.90. The summed E-state index contributed by atoms with van der Waals surface area (Å²) in [4.78, 5) is 2.12. The molecule has 1 unspecified atom stereocenters. The third-order valence-corrected chi connectivity index (χ3v) is 4.42. The van der Waals surface area contributed by atoms with E-state index >= 15 is 0 Å². The summed E-state index contributed by atoms with van der Waals surface area (Å²) >= 11 is 3.64. The maximum Gasteiger partial charge on any atom is 0.0361 e. The lowest BCUT2D eigenvalue weighted by Gasteiger charge is -2.20. The van der Waals surface area contributed by atoms with Gasteiger partial charge in [0, 0.05) is 30.3 Å². The van der Waals surface area contributed by atoms with Crippen LogP contribution in [-0.2, 0) is 6.42 Å². The van der Waals surface area contributed by atoms with Crippen LogP contribution in [0.4, 0.5) is 5.69 Å². The van der Waals surface area contributed by atoms with Crippen molar-refractivity contribution in [1.29, 1.82) is 0 Å². The second-order valence-electron chi connectivity index (χ2n) is 5.39. The molecule has 0 radical (unpaired) electrons. The number of halogens is 1. The molecule has 0 aliphatic heterocycles. The predicted molar refractivity (Wildman–Crippen MR) is 95.0 cm³/mol. The molecule has 1 N–H and O–H groups in total. The molecule has 2 rings (SSSR count). The maximum absolute atomic E-state index is 3.64. The van der Waals surface area contributed by atoms with Crippen LogP contribution in [0.3, 0.4) is 0 Å². The molecule has 21 heavy (non-hydrogen) atoms. The Morgan fingerprint density at radius 1 is 1.05 bits per heavy atom. The SMILES string of the molecule is CCNC(Cc1ccccc1Br)c1ccc(N(C)C)cc1. The maximum atomic E-state index is 3.64. The fourth-order valence-corrected chi connectivity index (χ4v) is 2.89. The van der Waals surface area contributed by atoms with Crippen LogP contribution in [0.25, 0.3) is 0 Å². The van der Waals surface area contributed by atoms with Crippen molar-refractivity contribution < 1.29 is 0 Å². The Bertz CT molecular complexity index is 564. The van der Waals surface area contributed by atoms with E-state index in [1.54, 1.807) is 0 Å². The van der Waals surface area contributed by atoms with Gasteiger partial charge < -0.3 is 10.2 Å². The normalized spacial score (nSPS) is 12.2. The molecule has 2 aromatic carbocycles. The van der Waals surface area contributed by atoms with Crippen molar-refractivity contribution >= 4 is 21.6 Å². The fraction of sp³-hybridized carbons (Fsp3) is 0.333. The van der Waals surface area contributed by atoms with Gasteiger partial charge in [-0.2, -0.15) is 0 Å². The highest BCUT2D eigenvalue weighted by Crippen LogP contribution is 2.25. The summed E-state index contributed by atoms with van der Waals surface area (Å²) in [7, 11) is 4.13. The van der Waals surface area contributed by atoms with Gasteiger partial charge in [-0.15, -0.1) is 0 Å². The first-order valence-corrected chi connectivity index (χ1v) is 8.15. The lowest BCUT2D eigenvalue weighted by atomic mass is 9.98.